The summed E-state index contributed by atoms with van der Waals surface area (Å²) in [4.78, 5) is 39.1. The Morgan fingerprint density at radius 2 is 1.19 bits per heavy atom. The second-order valence-electron chi connectivity index (χ2n) is 7.32. The molecule has 0 bridgehead atoms. The number of isocyanates is 3. The Kier molecular flexibility index (Phi) is 29.3. The molecule has 27 heavy (non-hydrogen) atoms. The molecule has 0 aliphatic rings. The Hall–Kier alpha value is -1.86. The first-order chi connectivity index (χ1) is 12.6. The summed E-state index contributed by atoms with van der Waals surface area (Å²) in [5, 5.41) is 0. The van der Waals surface area contributed by atoms with Crippen molar-refractivity contribution in [3.63, 3.8) is 0 Å². The average molecular weight is 384 g/mol. The van der Waals surface area contributed by atoms with Gasteiger partial charge in [0, 0.05) is 0 Å². The highest BCUT2D eigenvalue weighted by atomic mass is 16.1. The number of carbonyl (C=O) groups excluding carboxylic acids is 3. The standard InChI is InChI=1S/C8H15NO.C6H11NO.C5H9NO.C2H6/c1-7(2)8(3,4)5-9-6-10;1-3-6(2)4-7-5-8;1-5(2)3-6-4-7;1-2/h7H,5H2,1-4H3;6H,3-4H2,1-2H3;5H,3H2,1-2H3;1-2H3. The molecule has 1 unspecified atom stereocenters. The first kappa shape index (κ1) is 32.8. The van der Waals surface area contributed by atoms with Crippen LogP contribution in [0.4, 0.5) is 0 Å². The van der Waals surface area contributed by atoms with Gasteiger partial charge in [0.2, 0.25) is 18.2 Å². The van der Waals surface area contributed by atoms with E-state index in [1.54, 1.807) is 6.08 Å². The molecule has 6 heteroatoms. The van der Waals surface area contributed by atoms with E-state index < -0.39 is 0 Å². The molecular formula is C21H41N3O3. The summed E-state index contributed by atoms with van der Waals surface area (Å²) < 4.78 is 0. The number of aliphatic imine (C=N–C) groups is 3. The van der Waals surface area contributed by atoms with E-state index >= 15 is 0 Å². The lowest BCUT2D eigenvalue weighted by Crippen LogP contribution is -2.22. The van der Waals surface area contributed by atoms with Crippen molar-refractivity contribution in [2.75, 3.05) is 19.6 Å². The van der Waals surface area contributed by atoms with Gasteiger partial charge < -0.3 is 0 Å². The normalized spacial score (nSPS) is 10.2. The van der Waals surface area contributed by atoms with Crippen LogP contribution in [0.25, 0.3) is 0 Å². The maximum atomic E-state index is 9.78. The highest BCUT2D eigenvalue weighted by Crippen LogP contribution is 2.25. The van der Waals surface area contributed by atoms with Crippen molar-refractivity contribution >= 4 is 18.2 Å². The van der Waals surface area contributed by atoms with Crippen molar-refractivity contribution in [3.05, 3.63) is 0 Å². The van der Waals surface area contributed by atoms with Crippen molar-refractivity contribution in [1.82, 2.24) is 0 Å². The van der Waals surface area contributed by atoms with Crippen LogP contribution in [0.1, 0.15) is 75.7 Å². The van der Waals surface area contributed by atoms with Crippen LogP contribution in [0.5, 0.6) is 0 Å². The van der Waals surface area contributed by atoms with Crippen molar-refractivity contribution in [1.29, 1.82) is 0 Å². The number of nitrogens with zero attached hydrogens (tertiary/aromatic N) is 3. The molecule has 6 nitrogen and oxygen atoms in total. The minimum absolute atomic E-state index is 0.122. The summed E-state index contributed by atoms with van der Waals surface area (Å²) in [7, 11) is 0. The van der Waals surface area contributed by atoms with Crippen LogP contribution < -0.4 is 0 Å². The van der Waals surface area contributed by atoms with Gasteiger partial charge in [0.25, 0.3) is 0 Å². The zero-order valence-corrected chi connectivity index (χ0v) is 19.1. The number of hydrogen-bond donors (Lipinski definition) is 0. The van der Waals surface area contributed by atoms with Crippen molar-refractivity contribution < 1.29 is 14.4 Å². The molecule has 0 aliphatic carbocycles. The molecule has 0 aromatic heterocycles. The summed E-state index contributed by atoms with van der Waals surface area (Å²) >= 11 is 0. The van der Waals surface area contributed by atoms with Crippen molar-refractivity contribution in [3.8, 4) is 0 Å². The second-order valence-corrected chi connectivity index (χ2v) is 7.32. The highest BCUT2D eigenvalue weighted by molar-refractivity contribution is 5.33. The first-order valence-corrected chi connectivity index (χ1v) is 9.69. The molecule has 0 fully saturated rings. The smallest absolute Gasteiger partial charge is 0.211 e. The Labute approximate surface area is 166 Å². The molecule has 1 atom stereocenters. The van der Waals surface area contributed by atoms with E-state index in [0.717, 1.165) is 6.42 Å². The third-order valence-corrected chi connectivity index (χ3v) is 3.80. The summed E-state index contributed by atoms with van der Waals surface area (Å²) in [6.07, 6.45) is 5.61. The minimum Gasteiger partial charge on any atom is -0.211 e. The molecule has 0 saturated carbocycles. The van der Waals surface area contributed by atoms with Crippen LogP contribution in [0.15, 0.2) is 15.0 Å². The Morgan fingerprint density at radius 1 is 0.778 bits per heavy atom. The van der Waals surface area contributed by atoms with Gasteiger partial charge in [-0.05, 0) is 23.2 Å². The second kappa shape index (κ2) is 24.1. The largest absolute Gasteiger partial charge is 0.234 e. The predicted octanol–water partition coefficient (Wildman–Crippen LogP) is 5.38. The monoisotopic (exact) mass is 383 g/mol. The van der Waals surface area contributed by atoms with E-state index in [2.05, 4.69) is 56.5 Å². The van der Waals surface area contributed by atoms with Gasteiger partial charge in [-0.1, -0.05) is 75.7 Å². The fourth-order valence-electron chi connectivity index (χ4n) is 0.961. The lowest BCUT2D eigenvalue weighted by Gasteiger charge is -2.25. The topological polar surface area (TPSA) is 88.3 Å². The molecule has 0 rings (SSSR count). The maximum absolute atomic E-state index is 9.78. The molecule has 0 aromatic carbocycles. The van der Waals surface area contributed by atoms with Gasteiger partial charge in [-0.3, -0.25) is 0 Å². The molecule has 0 aliphatic heterocycles. The van der Waals surface area contributed by atoms with Crippen LogP contribution in [0.2, 0.25) is 0 Å². The van der Waals surface area contributed by atoms with E-state index in [4.69, 9.17) is 0 Å². The van der Waals surface area contributed by atoms with Gasteiger partial charge in [-0.15, -0.1) is 0 Å². The zero-order chi connectivity index (χ0) is 22.3. The molecule has 0 heterocycles. The minimum atomic E-state index is 0.122. The van der Waals surface area contributed by atoms with Gasteiger partial charge >= 0.3 is 0 Å². The molecule has 0 N–H and O–H groups in total. The average Bonchev–Trinajstić information content (AvgIpc) is 2.65. The van der Waals surface area contributed by atoms with Gasteiger partial charge in [0.05, 0.1) is 19.6 Å². The van der Waals surface area contributed by atoms with Crippen molar-refractivity contribution in [2.24, 2.45) is 38.1 Å². The molecule has 0 amide bonds. The first-order valence-electron chi connectivity index (χ1n) is 9.69. The van der Waals surface area contributed by atoms with E-state index in [1.807, 2.05) is 27.7 Å². The summed E-state index contributed by atoms with van der Waals surface area (Å²) in [5.41, 5.74) is 0.122. The van der Waals surface area contributed by atoms with Crippen LogP contribution in [0, 0.1) is 23.2 Å². The van der Waals surface area contributed by atoms with E-state index in [0.29, 0.717) is 37.4 Å². The quantitative estimate of drug-likeness (QED) is 0.416. The summed E-state index contributed by atoms with van der Waals surface area (Å²) in [6, 6.07) is 0. The fraction of sp³-hybridized carbons (Fsp3) is 0.857. The van der Waals surface area contributed by atoms with E-state index in [1.165, 1.54) is 12.2 Å². The number of rotatable bonds is 8. The Morgan fingerprint density at radius 3 is 1.44 bits per heavy atom. The molecule has 158 valence electrons. The van der Waals surface area contributed by atoms with Gasteiger partial charge in [-0.2, -0.15) is 0 Å². The summed E-state index contributed by atoms with van der Waals surface area (Å²) in [6.45, 7) is 22.4. The highest BCUT2D eigenvalue weighted by Gasteiger charge is 2.21. The van der Waals surface area contributed by atoms with Gasteiger partial charge in [0.15, 0.2) is 0 Å². The zero-order valence-electron chi connectivity index (χ0n) is 19.1. The van der Waals surface area contributed by atoms with Crippen LogP contribution in [-0.2, 0) is 14.4 Å². The van der Waals surface area contributed by atoms with Crippen molar-refractivity contribution in [2.45, 2.75) is 75.7 Å². The van der Waals surface area contributed by atoms with Crippen LogP contribution >= 0.6 is 0 Å². The fourth-order valence-corrected chi connectivity index (χ4v) is 0.961. The van der Waals surface area contributed by atoms with Gasteiger partial charge in [0.1, 0.15) is 0 Å². The third-order valence-electron chi connectivity index (χ3n) is 3.80. The lowest BCUT2D eigenvalue weighted by molar-refractivity contribution is 0.262. The maximum Gasteiger partial charge on any atom is 0.234 e. The van der Waals surface area contributed by atoms with Crippen LogP contribution in [-0.4, -0.2) is 37.9 Å². The Balaban J connectivity index is -0.000000142. The lowest BCUT2D eigenvalue weighted by atomic mass is 9.81. The summed E-state index contributed by atoms with van der Waals surface area (Å²) in [5.74, 6) is 1.54. The molecule has 0 radical (unpaired) electrons. The molecule has 0 aromatic rings. The predicted molar refractivity (Wildman–Crippen MR) is 113 cm³/mol. The Bertz CT molecular complexity index is 455. The van der Waals surface area contributed by atoms with Crippen LogP contribution in [0.3, 0.4) is 0 Å². The third kappa shape index (κ3) is 32.3. The molecular weight excluding hydrogens is 342 g/mol. The van der Waals surface area contributed by atoms with E-state index in [9.17, 15) is 14.4 Å². The van der Waals surface area contributed by atoms with E-state index in [-0.39, 0.29) is 5.41 Å². The van der Waals surface area contributed by atoms with Gasteiger partial charge in [-0.25, -0.2) is 29.4 Å². The molecule has 0 saturated heterocycles. The SMILES string of the molecule is CC.CC(C)C(C)(C)CN=C=O.CC(C)CN=C=O.CCC(C)CN=C=O. The number of hydrogen-bond acceptors (Lipinski definition) is 6. The molecule has 0 spiro atoms.